The maximum atomic E-state index is 12.3. The molecule has 0 atom stereocenters. The number of amides is 1. The smallest absolute Gasteiger partial charge is 0.265 e. The Morgan fingerprint density at radius 1 is 1.50 bits per heavy atom. The lowest BCUT2D eigenvalue weighted by Crippen LogP contribution is -2.27. The van der Waals surface area contributed by atoms with Crippen LogP contribution in [0.3, 0.4) is 0 Å². The Morgan fingerprint density at radius 2 is 2.22 bits per heavy atom. The molecule has 2 rings (SSSR count). The van der Waals surface area contributed by atoms with Gasteiger partial charge >= 0.3 is 0 Å². The van der Waals surface area contributed by atoms with Gasteiger partial charge in [0.1, 0.15) is 4.88 Å². The second-order valence-electron chi connectivity index (χ2n) is 4.21. The highest BCUT2D eigenvalue weighted by molar-refractivity contribution is 9.10. The van der Waals surface area contributed by atoms with Gasteiger partial charge in [0, 0.05) is 28.2 Å². The van der Waals surface area contributed by atoms with Gasteiger partial charge in [-0.25, -0.2) is 0 Å². The van der Waals surface area contributed by atoms with Crippen molar-refractivity contribution in [2.24, 2.45) is 0 Å². The van der Waals surface area contributed by atoms with E-state index in [-0.39, 0.29) is 5.91 Å². The van der Waals surface area contributed by atoms with E-state index in [0.29, 0.717) is 10.6 Å². The number of hydrogen-bond donors (Lipinski definition) is 1. The van der Waals surface area contributed by atoms with E-state index in [9.17, 15) is 4.79 Å². The fraction of sp³-hybridized carbons (Fsp3) is 0.308. The highest BCUT2D eigenvalue weighted by atomic mass is 79.9. The number of nitrogen functional groups attached to an aromatic ring is 1. The summed E-state index contributed by atoms with van der Waals surface area (Å²) in [6.45, 7) is 2.80. The van der Waals surface area contributed by atoms with Crippen LogP contribution in [0, 0.1) is 0 Å². The number of fused-ring (bicyclic) bond motifs is 1. The van der Waals surface area contributed by atoms with Crippen molar-refractivity contribution in [3.05, 3.63) is 27.5 Å². The molecule has 18 heavy (non-hydrogen) atoms. The van der Waals surface area contributed by atoms with Gasteiger partial charge in [-0.15, -0.1) is 11.3 Å². The molecule has 0 saturated heterocycles. The molecule has 1 aromatic heterocycles. The van der Waals surface area contributed by atoms with Crippen molar-refractivity contribution in [1.29, 1.82) is 0 Å². The third-order valence-electron chi connectivity index (χ3n) is 2.79. The first-order valence-electron chi connectivity index (χ1n) is 5.77. The van der Waals surface area contributed by atoms with E-state index in [1.165, 1.54) is 11.3 Å². The molecule has 3 nitrogen and oxygen atoms in total. The number of rotatable bonds is 3. The molecule has 2 aromatic rings. The Balaban J connectivity index is 2.46. The molecular weight excluding hydrogens is 312 g/mol. The zero-order valence-corrected chi connectivity index (χ0v) is 12.8. The number of carbonyl (C=O) groups is 1. The molecule has 0 bridgehead atoms. The Labute approximate surface area is 119 Å². The summed E-state index contributed by atoms with van der Waals surface area (Å²) >= 11 is 4.88. The van der Waals surface area contributed by atoms with Crippen LogP contribution in [0.4, 0.5) is 5.69 Å². The monoisotopic (exact) mass is 326 g/mol. The van der Waals surface area contributed by atoms with Gasteiger partial charge in [-0.2, -0.15) is 0 Å². The fourth-order valence-electron chi connectivity index (χ4n) is 1.86. The molecular formula is C13H15BrN2OS. The van der Waals surface area contributed by atoms with Crippen LogP contribution in [0.1, 0.15) is 23.0 Å². The quantitative estimate of drug-likeness (QED) is 0.934. The van der Waals surface area contributed by atoms with Crippen LogP contribution < -0.4 is 5.73 Å². The average molecular weight is 327 g/mol. The highest BCUT2D eigenvalue weighted by Crippen LogP contribution is 2.35. The van der Waals surface area contributed by atoms with E-state index in [0.717, 1.165) is 27.5 Å². The summed E-state index contributed by atoms with van der Waals surface area (Å²) in [6.07, 6.45) is 0.943. The molecule has 0 aliphatic heterocycles. The van der Waals surface area contributed by atoms with Gasteiger partial charge in [0.25, 0.3) is 5.91 Å². The summed E-state index contributed by atoms with van der Waals surface area (Å²) < 4.78 is 2.02. The molecule has 0 spiro atoms. The van der Waals surface area contributed by atoms with Crippen LogP contribution in [0.2, 0.25) is 0 Å². The van der Waals surface area contributed by atoms with Crippen LogP contribution in [0.5, 0.6) is 0 Å². The average Bonchev–Trinajstić information content (AvgIpc) is 2.66. The van der Waals surface area contributed by atoms with Crippen LogP contribution in [0.15, 0.2) is 22.7 Å². The Kier molecular flexibility index (Phi) is 3.92. The predicted molar refractivity (Wildman–Crippen MR) is 81.2 cm³/mol. The van der Waals surface area contributed by atoms with Gasteiger partial charge in [-0.1, -0.05) is 22.9 Å². The minimum absolute atomic E-state index is 0.00618. The van der Waals surface area contributed by atoms with Crippen molar-refractivity contribution >= 4 is 48.9 Å². The van der Waals surface area contributed by atoms with E-state index < -0.39 is 0 Å². The molecule has 1 heterocycles. The number of halogens is 1. The van der Waals surface area contributed by atoms with E-state index in [1.807, 2.05) is 25.2 Å². The summed E-state index contributed by atoms with van der Waals surface area (Å²) in [5, 5.41) is 0.947. The van der Waals surface area contributed by atoms with Gasteiger partial charge in [0.15, 0.2) is 0 Å². The third-order valence-corrected chi connectivity index (χ3v) is 4.46. The van der Waals surface area contributed by atoms with Crippen molar-refractivity contribution in [3.8, 4) is 0 Å². The van der Waals surface area contributed by atoms with Gasteiger partial charge in [0.2, 0.25) is 0 Å². The van der Waals surface area contributed by atoms with E-state index >= 15 is 0 Å². The Bertz CT molecular complexity index is 594. The lowest BCUT2D eigenvalue weighted by Gasteiger charge is -2.15. The van der Waals surface area contributed by atoms with Crippen molar-refractivity contribution in [3.63, 3.8) is 0 Å². The molecule has 0 radical (unpaired) electrons. The Morgan fingerprint density at radius 3 is 2.89 bits per heavy atom. The minimum atomic E-state index is 0.00618. The number of nitrogens with zero attached hydrogens (tertiary/aromatic N) is 1. The van der Waals surface area contributed by atoms with E-state index in [2.05, 4.69) is 22.9 Å². The zero-order valence-electron chi connectivity index (χ0n) is 10.4. The molecule has 0 saturated carbocycles. The molecule has 0 fully saturated rings. The number of thiophene rings is 1. The number of anilines is 1. The SMILES string of the molecule is CCCN(C)C(=O)c1sc2ccc(Br)cc2c1N. The molecule has 0 unspecified atom stereocenters. The highest BCUT2D eigenvalue weighted by Gasteiger charge is 2.19. The summed E-state index contributed by atoms with van der Waals surface area (Å²) in [5.74, 6) is 0.00618. The summed E-state index contributed by atoms with van der Waals surface area (Å²) in [4.78, 5) is 14.6. The largest absolute Gasteiger partial charge is 0.397 e. The third kappa shape index (κ3) is 2.37. The first-order valence-corrected chi connectivity index (χ1v) is 7.38. The van der Waals surface area contributed by atoms with Crippen LogP contribution >= 0.6 is 27.3 Å². The second-order valence-corrected chi connectivity index (χ2v) is 6.18. The van der Waals surface area contributed by atoms with E-state index in [4.69, 9.17) is 5.73 Å². The molecule has 1 aromatic carbocycles. The molecule has 96 valence electrons. The normalized spacial score (nSPS) is 10.8. The number of benzene rings is 1. The maximum Gasteiger partial charge on any atom is 0.265 e. The Hall–Kier alpha value is -1.07. The molecule has 1 amide bonds. The van der Waals surface area contributed by atoms with Crippen LogP contribution in [-0.4, -0.2) is 24.4 Å². The topological polar surface area (TPSA) is 46.3 Å². The first-order chi connectivity index (χ1) is 8.54. The molecule has 2 N–H and O–H groups in total. The summed E-state index contributed by atoms with van der Waals surface area (Å²) in [6, 6.07) is 5.90. The number of hydrogen-bond acceptors (Lipinski definition) is 3. The van der Waals surface area contributed by atoms with Crippen LogP contribution in [-0.2, 0) is 0 Å². The molecule has 5 heteroatoms. The standard InChI is InChI=1S/C13H15BrN2OS/c1-3-6-16(2)13(17)12-11(15)9-7-8(14)4-5-10(9)18-12/h4-5,7H,3,6,15H2,1-2H3. The van der Waals surface area contributed by atoms with Crippen molar-refractivity contribution in [1.82, 2.24) is 4.90 Å². The summed E-state index contributed by atoms with van der Waals surface area (Å²) in [5.41, 5.74) is 6.67. The minimum Gasteiger partial charge on any atom is -0.397 e. The maximum absolute atomic E-state index is 12.3. The van der Waals surface area contributed by atoms with Gasteiger partial charge < -0.3 is 10.6 Å². The van der Waals surface area contributed by atoms with Crippen LogP contribution in [0.25, 0.3) is 10.1 Å². The van der Waals surface area contributed by atoms with Gasteiger partial charge in [0.05, 0.1) is 5.69 Å². The van der Waals surface area contributed by atoms with Crippen molar-refractivity contribution < 1.29 is 4.79 Å². The number of nitrogens with two attached hydrogens (primary N) is 1. The predicted octanol–water partition coefficient (Wildman–Crippen LogP) is 3.73. The summed E-state index contributed by atoms with van der Waals surface area (Å²) in [7, 11) is 1.81. The van der Waals surface area contributed by atoms with E-state index in [1.54, 1.807) is 4.90 Å². The van der Waals surface area contributed by atoms with Crippen molar-refractivity contribution in [2.45, 2.75) is 13.3 Å². The second kappa shape index (κ2) is 5.28. The zero-order chi connectivity index (χ0) is 13.3. The molecule has 0 aliphatic carbocycles. The number of carbonyl (C=O) groups excluding carboxylic acids is 1. The molecule has 0 aliphatic rings. The fourth-order valence-corrected chi connectivity index (χ4v) is 3.32. The lowest BCUT2D eigenvalue weighted by atomic mass is 10.2. The van der Waals surface area contributed by atoms with Gasteiger partial charge in [-0.05, 0) is 24.6 Å². The van der Waals surface area contributed by atoms with Gasteiger partial charge in [-0.3, -0.25) is 4.79 Å². The first kappa shape index (κ1) is 13.4. The van der Waals surface area contributed by atoms with Crippen molar-refractivity contribution in [2.75, 3.05) is 19.3 Å². The lowest BCUT2D eigenvalue weighted by molar-refractivity contribution is 0.0801.